The van der Waals surface area contributed by atoms with Gasteiger partial charge in [0, 0.05) is 24.5 Å². The monoisotopic (exact) mass is 442 g/mol. The average Bonchev–Trinajstić information content (AvgIpc) is 3.21. The Labute approximate surface area is 189 Å². The molecule has 0 fully saturated rings. The highest BCUT2D eigenvalue weighted by Gasteiger charge is 2.32. The van der Waals surface area contributed by atoms with E-state index in [2.05, 4.69) is 44.0 Å². The van der Waals surface area contributed by atoms with Crippen LogP contribution in [0.1, 0.15) is 48.7 Å². The van der Waals surface area contributed by atoms with Crippen LogP contribution in [-0.2, 0) is 11.2 Å². The Morgan fingerprint density at radius 3 is 2.71 bits per heavy atom. The van der Waals surface area contributed by atoms with E-state index in [1.807, 2.05) is 21.9 Å². The van der Waals surface area contributed by atoms with Crippen molar-refractivity contribution in [3.63, 3.8) is 0 Å². The Hall–Kier alpha value is -2.15. The summed E-state index contributed by atoms with van der Waals surface area (Å²) in [4.78, 5) is 18.5. The lowest BCUT2D eigenvalue weighted by Gasteiger charge is -2.37. The number of rotatable bonds is 10. The molecular formula is C25H34N2O3S. The Morgan fingerprint density at radius 1 is 1.32 bits per heavy atom. The second-order valence-corrected chi connectivity index (χ2v) is 9.52. The van der Waals surface area contributed by atoms with Gasteiger partial charge in [-0.05, 0) is 54.0 Å². The Bertz CT molecular complexity index is 860. The van der Waals surface area contributed by atoms with Crippen molar-refractivity contribution in [3.8, 4) is 5.75 Å². The number of thiophene rings is 1. The summed E-state index contributed by atoms with van der Waals surface area (Å²) in [5.74, 6) is 1.36. The first kappa shape index (κ1) is 23.5. The van der Waals surface area contributed by atoms with Crippen LogP contribution in [0.15, 0.2) is 48.4 Å². The fourth-order valence-electron chi connectivity index (χ4n) is 4.04. The van der Waals surface area contributed by atoms with Crippen molar-refractivity contribution in [2.75, 3.05) is 32.8 Å². The zero-order valence-corrected chi connectivity index (χ0v) is 19.6. The van der Waals surface area contributed by atoms with Gasteiger partial charge in [0.2, 0.25) is 5.91 Å². The second kappa shape index (κ2) is 10.9. The molecular weight excluding hydrogens is 408 g/mol. The summed E-state index contributed by atoms with van der Waals surface area (Å²) in [7, 11) is 0. The van der Waals surface area contributed by atoms with Crippen LogP contribution in [0, 0.1) is 0 Å². The van der Waals surface area contributed by atoms with E-state index in [1.165, 1.54) is 16.0 Å². The molecule has 0 saturated heterocycles. The molecule has 6 heteroatoms. The molecule has 0 unspecified atom stereocenters. The van der Waals surface area contributed by atoms with E-state index in [1.54, 1.807) is 24.3 Å². The van der Waals surface area contributed by atoms with E-state index in [9.17, 15) is 9.90 Å². The van der Waals surface area contributed by atoms with E-state index < -0.39 is 6.10 Å². The Kier molecular flexibility index (Phi) is 8.29. The number of aliphatic hydroxyl groups is 1. The number of carbonyl (C=O) groups excluding carboxylic acids is 1. The van der Waals surface area contributed by atoms with Crippen LogP contribution in [0.2, 0.25) is 0 Å². The number of hydrogen-bond acceptors (Lipinski definition) is 5. The van der Waals surface area contributed by atoms with Gasteiger partial charge in [-0.15, -0.1) is 17.9 Å². The third-order valence-electron chi connectivity index (χ3n) is 5.64. The van der Waals surface area contributed by atoms with Crippen molar-refractivity contribution in [1.82, 2.24) is 9.80 Å². The van der Waals surface area contributed by atoms with E-state index >= 15 is 0 Å². The van der Waals surface area contributed by atoms with Crippen molar-refractivity contribution < 1.29 is 14.6 Å². The maximum absolute atomic E-state index is 13.3. The number of nitrogens with zero attached hydrogens (tertiary/aromatic N) is 2. The number of ether oxygens (including phenoxy) is 1. The van der Waals surface area contributed by atoms with Crippen molar-refractivity contribution in [2.24, 2.45) is 0 Å². The van der Waals surface area contributed by atoms with E-state index in [0.29, 0.717) is 32.2 Å². The Balaban J connectivity index is 1.72. The first-order valence-corrected chi connectivity index (χ1v) is 11.9. The molecule has 1 N–H and O–H groups in total. The predicted octanol–water partition coefficient (Wildman–Crippen LogP) is 4.25. The lowest BCUT2D eigenvalue weighted by Crippen LogP contribution is -2.47. The van der Waals surface area contributed by atoms with Gasteiger partial charge in [0.25, 0.3) is 0 Å². The molecule has 0 radical (unpaired) electrons. The van der Waals surface area contributed by atoms with Gasteiger partial charge in [-0.3, -0.25) is 9.69 Å². The molecule has 1 aliphatic rings. The van der Waals surface area contributed by atoms with Crippen molar-refractivity contribution >= 4 is 17.2 Å². The van der Waals surface area contributed by atoms with Crippen LogP contribution in [-0.4, -0.2) is 59.7 Å². The van der Waals surface area contributed by atoms with E-state index in [4.69, 9.17) is 4.74 Å². The number of aliphatic hydroxyl groups excluding tert-OH is 1. The summed E-state index contributed by atoms with van der Waals surface area (Å²) in [5.41, 5.74) is 2.47. The van der Waals surface area contributed by atoms with Gasteiger partial charge in [0.15, 0.2) is 0 Å². The number of carbonyl (C=O) groups is 1. The topological polar surface area (TPSA) is 53.0 Å². The minimum atomic E-state index is -0.495. The maximum atomic E-state index is 13.3. The minimum absolute atomic E-state index is 0.0584. The number of fused-ring (bicyclic) bond motifs is 1. The largest absolute Gasteiger partial charge is 0.491 e. The minimum Gasteiger partial charge on any atom is -0.491 e. The number of benzene rings is 1. The number of amides is 1. The third-order valence-corrected chi connectivity index (χ3v) is 6.63. The molecule has 0 spiro atoms. The second-order valence-electron chi connectivity index (χ2n) is 8.52. The molecule has 1 aliphatic heterocycles. The quantitative estimate of drug-likeness (QED) is 0.559. The molecule has 1 aromatic heterocycles. The van der Waals surface area contributed by atoms with Crippen LogP contribution >= 0.6 is 11.3 Å². The van der Waals surface area contributed by atoms with Gasteiger partial charge in [0.05, 0.1) is 18.7 Å². The fraction of sp³-hybridized carbons (Fsp3) is 0.480. The Morgan fingerprint density at radius 2 is 2.06 bits per heavy atom. The average molecular weight is 443 g/mol. The molecule has 1 aromatic carbocycles. The van der Waals surface area contributed by atoms with Crippen molar-refractivity contribution in [3.05, 3.63) is 64.4 Å². The smallest absolute Gasteiger partial charge is 0.237 e. The van der Waals surface area contributed by atoms with Crippen LogP contribution in [0.3, 0.4) is 0 Å². The van der Waals surface area contributed by atoms with Crippen LogP contribution in [0.25, 0.3) is 0 Å². The van der Waals surface area contributed by atoms with E-state index in [-0.39, 0.29) is 18.5 Å². The highest BCUT2D eigenvalue weighted by atomic mass is 32.1. The summed E-state index contributed by atoms with van der Waals surface area (Å²) in [6.07, 6.45) is 2.14. The normalized spacial score (nSPS) is 17.0. The molecule has 168 valence electrons. The van der Waals surface area contributed by atoms with Crippen molar-refractivity contribution in [2.45, 2.75) is 45.3 Å². The SMILES string of the molecule is C=CCN(CC(=O)N1CCc2sccc2[C@H]1COc1ccc(C(C)C)cc1)C[C@H](C)O. The van der Waals surface area contributed by atoms with Crippen LogP contribution in [0.4, 0.5) is 0 Å². The first-order chi connectivity index (χ1) is 14.9. The lowest BCUT2D eigenvalue weighted by molar-refractivity contribution is -0.136. The van der Waals surface area contributed by atoms with Gasteiger partial charge in [-0.25, -0.2) is 0 Å². The number of hydrogen-bond donors (Lipinski definition) is 1. The van der Waals surface area contributed by atoms with Crippen LogP contribution < -0.4 is 4.74 Å². The molecule has 31 heavy (non-hydrogen) atoms. The lowest BCUT2D eigenvalue weighted by atomic mass is 10.00. The van der Waals surface area contributed by atoms with Gasteiger partial charge in [0.1, 0.15) is 12.4 Å². The summed E-state index contributed by atoms with van der Waals surface area (Å²) in [6, 6.07) is 10.2. The maximum Gasteiger partial charge on any atom is 0.237 e. The standard InChI is InChI=1S/C25H34N2O3S/c1-5-12-26(15-19(4)28)16-25(29)27-13-10-24-22(11-14-31-24)23(27)17-30-21-8-6-20(7-9-21)18(2)3/h5-9,11,14,18-19,23,28H,1,10,12-13,15-17H2,2-4H3/t19-,23+/m0/s1. The van der Waals surface area contributed by atoms with Gasteiger partial charge in [-0.2, -0.15) is 0 Å². The van der Waals surface area contributed by atoms with Gasteiger partial charge < -0.3 is 14.7 Å². The molecule has 5 nitrogen and oxygen atoms in total. The van der Waals surface area contributed by atoms with E-state index in [0.717, 1.165) is 12.2 Å². The van der Waals surface area contributed by atoms with Crippen molar-refractivity contribution in [1.29, 1.82) is 0 Å². The predicted molar refractivity (Wildman–Crippen MR) is 127 cm³/mol. The summed E-state index contributed by atoms with van der Waals surface area (Å²) < 4.78 is 6.14. The molecule has 0 aliphatic carbocycles. The zero-order valence-electron chi connectivity index (χ0n) is 18.8. The summed E-state index contributed by atoms with van der Waals surface area (Å²) in [6.45, 7) is 12.2. The highest BCUT2D eigenvalue weighted by molar-refractivity contribution is 7.10. The molecule has 0 bridgehead atoms. The van der Waals surface area contributed by atoms with Gasteiger partial charge in [-0.1, -0.05) is 32.1 Å². The molecule has 1 amide bonds. The first-order valence-electron chi connectivity index (χ1n) is 11.0. The summed E-state index contributed by atoms with van der Waals surface area (Å²) >= 11 is 1.75. The van der Waals surface area contributed by atoms with Gasteiger partial charge >= 0.3 is 0 Å². The molecule has 2 aromatic rings. The summed E-state index contributed by atoms with van der Waals surface area (Å²) in [5, 5.41) is 11.9. The van der Waals surface area contributed by atoms with Crippen LogP contribution in [0.5, 0.6) is 5.75 Å². The molecule has 0 saturated carbocycles. The highest BCUT2D eigenvalue weighted by Crippen LogP contribution is 2.34. The fourth-order valence-corrected chi connectivity index (χ4v) is 4.97. The zero-order chi connectivity index (χ0) is 22.4. The molecule has 2 heterocycles. The molecule has 3 rings (SSSR count). The third kappa shape index (κ3) is 6.19. The molecule has 2 atom stereocenters.